The Kier molecular flexibility index (Phi) is 3.16. The van der Waals surface area contributed by atoms with Crippen LogP contribution in [0.3, 0.4) is 0 Å². The van der Waals surface area contributed by atoms with E-state index in [9.17, 15) is 4.79 Å². The molecule has 0 heterocycles. The molecule has 0 fully saturated rings. The lowest BCUT2D eigenvalue weighted by Gasteiger charge is -1.80. The van der Waals surface area contributed by atoms with Crippen molar-refractivity contribution in [3.05, 3.63) is 11.8 Å². The van der Waals surface area contributed by atoms with Gasteiger partial charge in [-0.1, -0.05) is 0 Å². The molecule has 0 saturated carbocycles. The van der Waals surface area contributed by atoms with Crippen molar-refractivity contribution in [1.29, 1.82) is 0 Å². The molecule has 42 valence electrons. The highest BCUT2D eigenvalue weighted by molar-refractivity contribution is 5.67. The number of hydrogen-bond donors (Lipinski definition) is 0. The molecule has 0 radical (unpaired) electrons. The van der Waals surface area contributed by atoms with E-state index in [4.69, 9.17) is 5.53 Å². The van der Waals surface area contributed by atoms with Crippen LogP contribution in [0.15, 0.2) is 6.26 Å². The first-order chi connectivity index (χ1) is 3.77. The molecule has 0 aromatic carbocycles. The second-order valence-electron chi connectivity index (χ2n) is 0.956. The summed E-state index contributed by atoms with van der Waals surface area (Å²) in [5.41, 5.74) is 7.67. The lowest BCUT2D eigenvalue weighted by molar-refractivity contribution is -0.135. The number of carbonyl (C=O) groups excluding carboxylic acids is 1. The van der Waals surface area contributed by atoms with Gasteiger partial charge >= 0.3 is 11.8 Å². The molecule has 0 N–H and O–H groups in total. The average molecular weight is 112 g/mol. The summed E-state index contributed by atoms with van der Waals surface area (Å²) in [7, 11) is 0. The van der Waals surface area contributed by atoms with Crippen molar-refractivity contribution in [2.75, 3.05) is 0 Å². The van der Waals surface area contributed by atoms with Crippen molar-refractivity contribution >= 4 is 11.8 Å². The van der Waals surface area contributed by atoms with Gasteiger partial charge in [0.1, 0.15) is 0 Å². The number of rotatable bonds is 1. The minimum Gasteiger partial charge on any atom is -0.419 e. The van der Waals surface area contributed by atoms with E-state index in [-0.39, 0.29) is 0 Å². The topological polar surface area (TPSA) is 62.7 Å². The maximum absolute atomic E-state index is 9.90. The fourth-order valence-corrected chi connectivity index (χ4v) is 0.133. The number of carbonyl (C=O) groups is 1. The van der Waals surface area contributed by atoms with Gasteiger partial charge in [0.2, 0.25) is 6.26 Å². The van der Waals surface area contributed by atoms with Crippen molar-refractivity contribution in [3.8, 4) is 0 Å². The number of ether oxygens (including phenoxy) is 1. The molecule has 0 aliphatic heterocycles. The molecule has 0 unspecified atom stereocenters. The Morgan fingerprint density at radius 3 is 3.00 bits per heavy atom. The highest BCUT2D eigenvalue weighted by Gasteiger charge is 1.83. The van der Waals surface area contributed by atoms with Gasteiger partial charge in [-0.15, -0.1) is 4.79 Å². The van der Waals surface area contributed by atoms with Crippen LogP contribution in [0.5, 0.6) is 0 Å². The first-order valence-electron chi connectivity index (χ1n) is 1.86. The standard InChI is InChI=1S/C4H4N2O2/c1-4(7)8-3-2-6-5/h3H,1H3. The molecule has 0 bridgehead atoms. The summed E-state index contributed by atoms with van der Waals surface area (Å²) in [4.78, 5) is 12.3. The normalized spacial score (nSPS) is 6.12. The van der Waals surface area contributed by atoms with Crippen LogP contribution in [0.25, 0.3) is 5.53 Å². The average Bonchev–Trinajstić information content (AvgIpc) is 1.66. The van der Waals surface area contributed by atoms with Crippen LogP contribution in [0.4, 0.5) is 0 Å². The van der Waals surface area contributed by atoms with Crippen molar-refractivity contribution < 1.29 is 14.3 Å². The molecule has 0 aromatic rings. The zero-order chi connectivity index (χ0) is 6.41. The predicted octanol–water partition coefficient (Wildman–Crippen LogP) is -0.0373. The third-order valence-corrected chi connectivity index (χ3v) is 0.335. The van der Waals surface area contributed by atoms with Crippen molar-refractivity contribution in [2.24, 2.45) is 0 Å². The molecule has 8 heavy (non-hydrogen) atoms. The third-order valence-electron chi connectivity index (χ3n) is 0.335. The van der Waals surface area contributed by atoms with Crippen LogP contribution in [-0.4, -0.2) is 16.6 Å². The zero-order valence-electron chi connectivity index (χ0n) is 4.29. The lowest BCUT2D eigenvalue weighted by Crippen LogP contribution is -1.89. The third kappa shape index (κ3) is 4.63. The van der Waals surface area contributed by atoms with Gasteiger partial charge < -0.3 is 10.3 Å². The van der Waals surface area contributed by atoms with Crippen LogP contribution < -0.4 is 0 Å². The summed E-state index contributed by atoms with van der Waals surface area (Å²) in [5.74, 6) is 1.42. The number of esters is 1. The van der Waals surface area contributed by atoms with Gasteiger partial charge in [0, 0.05) is 6.92 Å². The molecule has 0 aliphatic rings. The van der Waals surface area contributed by atoms with Gasteiger partial charge in [-0.2, -0.15) is 0 Å². The Labute approximate surface area is 46.0 Å². The SMILES string of the molecule is CC(=O)OC=C=[N+]=[N-]. The van der Waals surface area contributed by atoms with Crippen LogP contribution in [0.1, 0.15) is 6.92 Å². The molecule has 0 aliphatic carbocycles. The van der Waals surface area contributed by atoms with Gasteiger partial charge in [-0.05, 0) is 0 Å². The van der Waals surface area contributed by atoms with E-state index in [0.29, 0.717) is 0 Å². The van der Waals surface area contributed by atoms with E-state index in [2.05, 4.69) is 9.53 Å². The molecular weight excluding hydrogens is 108 g/mol. The van der Waals surface area contributed by atoms with Gasteiger partial charge in [0.25, 0.3) is 0 Å². The minimum atomic E-state index is -0.471. The fourth-order valence-electron chi connectivity index (χ4n) is 0.133. The Bertz CT molecular complexity index is 163. The Balaban J connectivity index is 3.61. The summed E-state index contributed by atoms with van der Waals surface area (Å²) < 4.78 is 4.15. The minimum absolute atomic E-state index is 0.471. The highest BCUT2D eigenvalue weighted by atomic mass is 16.5. The van der Waals surface area contributed by atoms with Crippen LogP contribution in [0, 0.1) is 0 Å². The van der Waals surface area contributed by atoms with E-state index in [1.165, 1.54) is 6.92 Å². The maximum atomic E-state index is 9.90. The Morgan fingerprint density at radius 1 is 2.00 bits per heavy atom. The molecule has 4 nitrogen and oxygen atoms in total. The molecule has 0 spiro atoms. The smallest absolute Gasteiger partial charge is 0.338 e. The van der Waals surface area contributed by atoms with Gasteiger partial charge in [0.15, 0.2) is 0 Å². The zero-order valence-corrected chi connectivity index (χ0v) is 4.29. The first-order valence-corrected chi connectivity index (χ1v) is 1.86. The van der Waals surface area contributed by atoms with Crippen molar-refractivity contribution in [3.63, 3.8) is 0 Å². The van der Waals surface area contributed by atoms with Crippen molar-refractivity contribution in [1.82, 2.24) is 0 Å². The quantitative estimate of drug-likeness (QED) is 0.157. The summed E-state index contributed by atoms with van der Waals surface area (Å²) in [6.45, 7) is 1.23. The van der Waals surface area contributed by atoms with E-state index in [1.54, 1.807) is 0 Å². The van der Waals surface area contributed by atoms with E-state index in [0.717, 1.165) is 6.26 Å². The van der Waals surface area contributed by atoms with Crippen molar-refractivity contribution in [2.45, 2.75) is 6.92 Å². The predicted molar refractivity (Wildman–Crippen MR) is 25.0 cm³/mol. The Hall–Kier alpha value is -1.37. The van der Waals surface area contributed by atoms with Crippen LogP contribution in [-0.2, 0) is 9.53 Å². The molecule has 0 saturated heterocycles. The first kappa shape index (κ1) is 6.63. The summed E-state index contributed by atoms with van der Waals surface area (Å²) >= 11 is 0. The molecule has 0 aromatic heterocycles. The maximum Gasteiger partial charge on any atom is 0.338 e. The Morgan fingerprint density at radius 2 is 2.62 bits per heavy atom. The second kappa shape index (κ2) is 3.81. The van der Waals surface area contributed by atoms with Crippen LogP contribution >= 0.6 is 0 Å². The van der Waals surface area contributed by atoms with Gasteiger partial charge in [-0.25, -0.2) is 0 Å². The second-order valence-corrected chi connectivity index (χ2v) is 0.956. The van der Waals surface area contributed by atoms with Crippen LogP contribution in [0.2, 0.25) is 0 Å². The molecule has 0 rings (SSSR count). The summed E-state index contributed by atoms with van der Waals surface area (Å²) in [6, 6.07) is 0. The lowest BCUT2D eigenvalue weighted by atomic mass is 10.8. The molecular formula is C4H4N2O2. The number of nitrogens with zero attached hydrogens (tertiary/aromatic N) is 2. The molecule has 0 atom stereocenters. The fraction of sp³-hybridized carbons (Fsp3) is 0.250. The van der Waals surface area contributed by atoms with Gasteiger partial charge in [0.05, 0.1) is 0 Å². The monoisotopic (exact) mass is 112 g/mol. The largest absolute Gasteiger partial charge is 0.419 e. The summed E-state index contributed by atoms with van der Waals surface area (Å²) in [5, 5.41) is 0. The van der Waals surface area contributed by atoms with E-state index >= 15 is 0 Å². The summed E-state index contributed by atoms with van der Waals surface area (Å²) in [6.07, 6.45) is 0.863. The molecule has 0 amide bonds. The van der Waals surface area contributed by atoms with E-state index < -0.39 is 5.97 Å². The molecule has 4 heteroatoms. The van der Waals surface area contributed by atoms with E-state index in [1.807, 2.05) is 5.87 Å². The van der Waals surface area contributed by atoms with Gasteiger partial charge in [-0.3, -0.25) is 4.79 Å². The number of hydrogen-bond acceptors (Lipinski definition) is 2. The highest BCUT2D eigenvalue weighted by Crippen LogP contribution is 1.69.